The molecular formula is C54H58O14S. The van der Waals surface area contributed by atoms with E-state index in [1.807, 2.05) is 152 Å². The van der Waals surface area contributed by atoms with Gasteiger partial charge in [0, 0.05) is 0 Å². The van der Waals surface area contributed by atoms with Crippen molar-refractivity contribution in [2.45, 2.75) is 94.4 Å². The van der Waals surface area contributed by atoms with E-state index < -0.39 is 77.3 Å². The minimum absolute atomic E-state index is 0.0180. The molecule has 6 aromatic rings. The number of rotatable bonds is 23. The second kappa shape index (κ2) is 24.8. The highest BCUT2D eigenvalue weighted by molar-refractivity contribution is 7.85. The van der Waals surface area contributed by atoms with Crippen molar-refractivity contribution in [3.8, 4) is 11.5 Å². The SMILES string of the molecule is COc1ccc(OC2O[C@H](COCc3ccccc3)[C@@H](O[C@@H]3O[C@H](CS(=O)(=O)O)[C@@H](O)[C@H](OCc4ccccc4)[C@H]3OCc3ccccc3)[C@H](OCc3ccccc3)[C@H]2OCc2ccccc2)cc1. The van der Waals surface area contributed by atoms with Gasteiger partial charge in [-0.15, -0.1) is 0 Å². The van der Waals surface area contributed by atoms with Crippen molar-refractivity contribution in [2.75, 3.05) is 19.5 Å². The third kappa shape index (κ3) is 14.5. The molecule has 10 atom stereocenters. The highest BCUT2D eigenvalue weighted by Gasteiger charge is 2.55. The second-order valence-electron chi connectivity index (χ2n) is 16.8. The molecule has 6 aromatic carbocycles. The summed E-state index contributed by atoms with van der Waals surface area (Å²) in [5.74, 6) is 0.127. The highest BCUT2D eigenvalue weighted by Crippen LogP contribution is 2.37. The standard InChI is InChI=1S/C54H58O14S/c1-59-43-27-29-44(30-28-43)65-53-52(64-35-42-25-15-6-16-26-42)50(62-33-40-21-11-4-12-22-40)48(45(66-53)36-60-31-38-17-7-2-8-18-38)68-54-51(63-34-41-23-13-5-14-24-41)49(61-32-39-19-9-3-10-20-39)47(55)46(67-54)37-69(56,57)58/h2-30,45-55H,31-37H2,1H3,(H,56,57,58)/t45-,46-,47-,48-,49+,50+,51-,52-,53?,54+/m1/s1. The Morgan fingerprint density at radius 2 is 0.855 bits per heavy atom. The summed E-state index contributed by atoms with van der Waals surface area (Å²) in [4.78, 5) is 0. The number of aliphatic hydroxyl groups is 1. The van der Waals surface area contributed by atoms with Gasteiger partial charge < -0.3 is 52.5 Å². The van der Waals surface area contributed by atoms with E-state index in [-0.39, 0.29) is 39.6 Å². The monoisotopic (exact) mass is 962 g/mol. The van der Waals surface area contributed by atoms with Crippen molar-refractivity contribution < 1.29 is 65.4 Å². The fourth-order valence-electron chi connectivity index (χ4n) is 8.23. The number of benzene rings is 6. The molecule has 2 aliphatic rings. The maximum absolute atomic E-state index is 12.6. The van der Waals surface area contributed by atoms with E-state index >= 15 is 0 Å². The predicted molar refractivity (Wildman–Crippen MR) is 254 cm³/mol. The third-order valence-corrected chi connectivity index (χ3v) is 12.5. The molecule has 0 aromatic heterocycles. The molecule has 0 amide bonds. The molecule has 0 saturated carbocycles. The molecule has 69 heavy (non-hydrogen) atoms. The average molecular weight is 963 g/mol. The van der Waals surface area contributed by atoms with E-state index in [2.05, 4.69) is 0 Å². The Balaban J connectivity index is 1.20. The van der Waals surface area contributed by atoms with Gasteiger partial charge in [0.25, 0.3) is 10.1 Å². The molecule has 2 N–H and O–H groups in total. The van der Waals surface area contributed by atoms with Gasteiger partial charge in [0.05, 0.1) is 46.8 Å². The first-order chi connectivity index (χ1) is 33.7. The van der Waals surface area contributed by atoms with Crippen molar-refractivity contribution in [3.05, 3.63) is 204 Å². The van der Waals surface area contributed by atoms with E-state index in [1.54, 1.807) is 31.4 Å². The minimum Gasteiger partial charge on any atom is -0.497 e. The van der Waals surface area contributed by atoms with Gasteiger partial charge in [-0.25, -0.2) is 0 Å². The Hall–Kier alpha value is -5.53. The molecule has 2 fully saturated rings. The zero-order chi connectivity index (χ0) is 47.8. The van der Waals surface area contributed by atoms with Gasteiger partial charge in [0.2, 0.25) is 6.29 Å². The van der Waals surface area contributed by atoms with Crippen molar-refractivity contribution in [1.29, 1.82) is 0 Å². The largest absolute Gasteiger partial charge is 0.497 e. The van der Waals surface area contributed by atoms with Gasteiger partial charge in [0.15, 0.2) is 6.29 Å². The van der Waals surface area contributed by atoms with Gasteiger partial charge in [-0.2, -0.15) is 8.42 Å². The van der Waals surface area contributed by atoms with Crippen LogP contribution in [-0.2, 0) is 81.0 Å². The van der Waals surface area contributed by atoms with Gasteiger partial charge in [-0.1, -0.05) is 152 Å². The van der Waals surface area contributed by atoms with E-state index in [1.165, 1.54) is 0 Å². The van der Waals surface area contributed by atoms with E-state index in [9.17, 15) is 18.1 Å². The zero-order valence-corrected chi connectivity index (χ0v) is 39.0. The van der Waals surface area contributed by atoms with Crippen molar-refractivity contribution >= 4 is 10.1 Å². The fraction of sp³-hybridized carbons (Fsp3) is 0.333. The maximum atomic E-state index is 12.6. The number of aliphatic hydroxyl groups excluding tert-OH is 1. The van der Waals surface area contributed by atoms with Crippen molar-refractivity contribution in [3.63, 3.8) is 0 Å². The van der Waals surface area contributed by atoms with E-state index in [0.29, 0.717) is 11.5 Å². The Bertz CT molecular complexity index is 2510. The number of methoxy groups -OCH3 is 1. The van der Waals surface area contributed by atoms with Crippen LogP contribution in [0.2, 0.25) is 0 Å². The molecule has 15 heteroatoms. The van der Waals surface area contributed by atoms with E-state index in [0.717, 1.165) is 27.8 Å². The summed E-state index contributed by atoms with van der Waals surface area (Å²) in [6.45, 7) is 0.466. The molecular weight excluding hydrogens is 905 g/mol. The Kier molecular flexibility index (Phi) is 18.0. The molecule has 14 nitrogen and oxygen atoms in total. The topological polar surface area (TPSA) is 167 Å². The van der Waals surface area contributed by atoms with Gasteiger partial charge >= 0.3 is 0 Å². The molecule has 364 valence electrons. The summed E-state index contributed by atoms with van der Waals surface area (Å²) in [5.41, 5.74) is 4.24. The Morgan fingerprint density at radius 1 is 0.464 bits per heavy atom. The van der Waals surface area contributed by atoms with Crippen LogP contribution in [-0.4, -0.2) is 99.0 Å². The summed E-state index contributed by atoms with van der Waals surface area (Å²) in [5, 5.41) is 12.0. The molecule has 0 aliphatic carbocycles. The van der Waals surface area contributed by atoms with Crippen LogP contribution in [0, 0.1) is 0 Å². The second-order valence-corrected chi connectivity index (χ2v) is 18.3. The molecule has 0 radical (unpaired) electrons. The lowest BCUT2D eigenvalue weighted by Crippen LogP contribution is -2.66. The average Bonchev–Trinajstić information content (AvgIpc) is 3.37. The summed E-state index contributed by atoms with van der Waals surface area (Å²) < 4.78 is 101. The molecule has 0 spiro atoms. The first-order valence-electron chi connectivity index (χ1n) is 22.8. The third-order valence-electron chi connectivity index (χ3n) is 11.7. The highest BCUT2D eigenvalue weighted by atomic mass is 32.2. The normalized spacial score (nSPS) is 24.9. The number of hydrogen-bond acceptors (Lipinski definition) is 13. The van der Waals surface area contributed by atoms with Crippen LogP contribution < -0.4 is 9.47 Å². The van der Waals surface area contributed by atoms with Crippen LogP contribution in [0.4, 0.5) is 0 Å². The van der Waals surface area contributed by atoms with Gasteiger partial charge in [-0.05, 0) is 52.1 Å². The molecule has 0 bridgehead atoms. The van der Waals surface area contributed by atoms with Crippen molar-refractivity contribution in [1.82, 2.24) is 0 Å². The smallest absolute Gasteiger partial charge is 0.267 e. The predicted octanol–water partition coefficient (Wildman–Crippen LogP) is 7.72. The van der Waals surface area contributed by atoms with Crippen LogP contribution in [0.3, 0.4) is 0 Å². The van der Waals surface area contributed by atoms with Crippen LogP contribution in [0.1, 0.15) is 27.8 Å². The van der Waals surface area contributed by atoms with Gasteiger partial charge in [-0.3, -0.25) is 4.55 Å². The lowest BCUT2D eigenvalue weighted by Gasteiger charge is -2.49. The quantitative estimate of drug-likeness (QED) is 0.0600. The molecule has 2 heterocycles. The van der Waals surface area contributed by atoms with Crippen LogP contribution in [0.5, 0.6) is 11.5 Å². The molecule has 2 saturated heterocycles. The number of hydrogen-bond donors (Lipinski definition) is 2. The lowest BCUT2D eigenvalue weighted by atomic mass is 9.96. The first kappa shape index (κ1) is 49.9. The van der Waals surface area contributed by atoms with Crippen LogP contribution in [0.15, 0.2) is 176 Å². The lowest BCUT2D eigenvalue weighted by molar-refractivity contribution is -0.365. The fourth-order valence-corrected chi connectivity index (χ4v) is 8.92. The van der Waals surface area contributed by atoms with Crippen LogP contribution in [0.25, 0.3) is 0 Å². The maximum Gasteiger partial charge on any atom is 0.267 e. The summed E-state index contributed by atoms with van der Waals surface area (Å²) >= 11 is 0. The molecule has 2 aliphatic heterocycles. The number of ether oxygens (including phenoxy) is 10. The van der Waals surface area contributed by atoms with E-state index in [4.69, 9.17) is 47.4 Å². The Labute approximate surface area is 403 Å². The summed E-state index contributed by atoms with van der Waals surface area (Å²) in [6.07, 6.45) is -12.2. The van der Waals surface area contributed by atoms with Gasteiger partial charge in [0.1, 0.15) is 66.1 Å². The van der Waals surface area contributed by atoms with Crippen molar-refractivity contribution in [2.24, 2.45) is 0 Å². The molecule has 8 rings (SSSR count). The zero-order valence-electron chi connectivity index (χ0n) is 38.2. The first-order valence-corrected chi connectivity index (χ1v) is 24.4. The summed E-state index contributed by atoms with van der Waals surface area (Å²) in [7, 11) is -3.13. The summed E-state index contributed by atoms with van der Waals surface area (Å²) in [6, 6.07) is 54.7. The Morgan fingerprint density at radius 3 is 1.30 bits per heavy atom. The molecule has 1 unspecified atom stereocenters. The van der Waals surface area contributed by atoms with Crippen LogP contribution >= 0.6 is 0 Å². The minimum atomic E-state index is -4.71.